The summed E-state index contributed by atoms with van der Waals surface area (Å²) < 4.78 is 25.4. The van der Waals surface area contributed by atoms with Crippen molar-refractivity contribution in [1.29, 1.82) is 0 Å². The highest BCUT2D eigenvalue weighted by molar-refractivity contribution is 6.01. The molecule has 1 aliphatic heterocycles. The Balaban J connectivity index is 1.70. The summed E-state index contributed by atoms with van der Waals surface area (Å²) in [7, 11) is 1.45. The smallest absolute Gasteiger partial charge is 0.270 e. The molecule has 0 fully saturated rings. The number of rotatable bonds is 5. The van der Waals surface area contributed by atoms with Crippen LogP contribution in [0.2, 0.25) is 0 Å². The van der Waals surface area contributed by atoms with Crippen LogP contribution in [0.15, 0.2) is 30.5 Å². The highest BCUT2D eigenvalue weighted by Gasteiger charge is 2.29. The summed E-state index contributed by atoms with van der Waals surface area (Å²) in [6, 6.07) is 5.47. The number of methoxy groups -OCH3 is 1. The number of halogens is 1. The van der Waals surface area contributed by atoms with Gasteiger partial charge >= 0.3 is 0 Å². The molecule has 9 nitrogen and oxygen atoms in total. The Labute approximate surface area is 158 Å². The minimum absolute atomic E-state index is 0.0335. The number of benzene rings is 1. The molecule has 0 bridgehead atoms. The zero-order valence-corrected chi connectivity index (χ0v) is 14.8. The van der Waals surface area contributed by atoms with E-state index < -0.39 is 23.7 Å². The number of carbonyl (C=O) groups excluding carboxylic acids is 2. The number of hydrogen-bond acceptors (Lipinski definition) is 6. The normalized spacial score (nSPS) is 15.3. The number of nitrogens with two attached hydrogens (primary N) is 1. The molecule has 2 aromatic heterocycles. The Bertz CT molecular complexity index is 1100. The van der Waals surface area contributed by atoms with E-state index in [1.807, 2.05) is 0 Å². The molecule has 28 heavy (non-hydrogen) atoms. The SMILES string of the molecule is COCc1nn2c(C(=O)NC3COc4c(F)cccc43)ccnc2c1C(N)=O. The van der Waals surface area contributed by atoms with Gasteiger partial charge in [0.25, 0.3) is 11.8 Å². The van der Waals surface area contributed by atoms with E-state index in [1.165, 1.54) is 30.0 Å². The lowest BCUT2D eigenvalue weighted by Gasteiger charge is -2.12. The number of amides is 2. The number of aromatic nitrogens is 3. The van der Waals surface area contributed by atoms with E-state index in [0.717, 1.165) is 0 Å². The highest BCUT2D eigenvalue weighted by Crippen LogP contribution is 2.34. The topological polar surface area (TPSA) is 121 Å². The predicted molar refractivity (Wildman–Crippen MR) is 94.3 cm³/mol. The molecule has 1 atom stereocenters. The van der Waals surface area contributed by atoms with Crippen LogP contribution in [0.1, 0.15) is 38.1 Å². The molecule has 144 valence electrons. The number of primary amides is 1. The number of ether oxygens (including phenoxy) is 2. The third-order valence-electron chi connectivity index (χ3n) is 4.42. The van der Waals surface area contributed by atoms with Crippen molar-refractivity contribution >= 4 is 17.5 Å². The molecule has 1 aromatic carbocycles. The lowest BCUT2D eigenvalue weighted by atomic mass is 10.1. The maximum absolute atomic E-state index is 13.8. The first-order chi connectivity index (χ1) is 13.5. The van der Waals surface area contributed by atoms with Crippen LogP contribution >= 0.6 is 0 Å². The molecule has 0 aliphatic carbocycles. The maximum Gasteiger partial charge on any atom is 0.270 e. The van der Waals surface area contributed by atoms with Crippen LogP contribution in [0, 0.1) is 5.82 Å². The summed E-state index contributed by atoms with van der Waals surface area (Å²) in [6.07, 6.45) is 1.38. The van der Waals surface area contributed by atoms with E-state index in [2.05, 4.69) is 15.4 Å². The van der Waals surface area contributed by atoms with Gasteiger partial charge in [0.1, 0.15) is 23.6 Å². The zero-order chi connectivity index (χ0) is 19.8. The van der Waals surface area contributed by atoms with Gasteiger partial charge in [0.05, 0.1) is 12.6 Å². The number of carbonyl (C=O) groups is 2. The van der Waals surface area contributed by atoms with Crippen LogP contribution in [0.3, 0.4) is 0 Å². The molecule has 0 radical (unpaired) electrons. The summed E-state index contributed by atoms with van der Waals surface area (Å²) in [5.74, 6) is -1.56. The van der Waals surface area contributed by atoms with E-state index in [4.69, 9.17) is 15.2 Å². The molecule has 0 spiro atoms. The van der Waals surface area contributed by atoms with Crippen molar-refractivity contribution in [3.8, 4) is 5.75 Å². The first-order valence-electron chi connectivity index (χ1n) is 8.38. The van der Waals surface area contributed by atoms with E-state index in [-0.39, 0.29) is 41.6 Å². The molecule has 0 saturated carbocycles. The average molecular weight is 385 g/mol. The van der Waals surface area contributed by atoms with E-state index in [1.54, 1.807) is 12.1 Å². The van der Waals surface area contributed by atoms with Gasteiger partial charge in [-0.2, -0.15) is 5.10 Å². The van der Waals surface area contributed by atoms with Gasteiger partial charge in [-0.15, -0.1) is 0 Å². The fraction of sp³-hybridized carbons (Fsp3) is 0.222. The fourth-order valence-corrected chi connectivity index (χ4v) is 3.21. The molecule has 2 amide bonds. The Morgan fingerprint density at radius 1 is 1.43 bits per heavy atom. The zero-order valence-electron chi connectivity index (χ0n) is 14.8. The Kier molecular flexibility index (Phi) is 4.40. The van der Waals surface area contributed by atoms with Gasteiger partial charge in [-0.3, -0.25) is 9.59 Å². The minimum Gasteiger partial charge on any atom is -0.488 e. The quantitative estimate of drug-likeness (QED) is 0.675. The first-order valence-corrected chi connectivity index (χ1v) is 8.38. The first kappa shape index (κ1) is 17.9. The molecular formula is C18H16FN5O4. The largest absolute Gasteiger partial charge is 0.488 e. The third kappa shape index (κ3) is 2.83. The monoisotopic (exact) mass is 385 g/mol. The summed E-state index contributed by atoms with van der Waals surface area (Å²) in [4.78, 5) is 28.8. The van der Waals surface area contributed by atoms with Gasteiger partial charge in [0.2, 0.25) is 0 Å². The maximum atomic E-state index is 13.8. The predicted octanol–water partition coefficient (Wildman–Crippen LogP) is 0.977. The van der Waals surface area contributed by atoms with Crippen molar-refractivity contribution in [2.45, 2.75) is 12.6 Å². The molecule has 1 unspecified atom stereocenters. The van der Waals surface area contributed by atoms with Gasteiger partial charge in [0.15, 0.2) is 17.2 Å². The second-order valence-electron chi connectivity index (χ2n) is 6.18. The van der Waals surface area contributed by atoms with E-state index in [9.17, 15) is 14.0 Å². The van der Waals surface area contributed by atoms with Gasteiger partial charge in [-0.1, -0.05) is 12.1 Å². The van der Waals surface area contributed by atoms with Crippen LogP contribution < -0.4 is 15.8 Å². The van der Waals surface area contributed by atoms with Crippen molar-refractivity contribution in [3.63, 3.8) is 0 Å². The molecule has 0 saturated heterocycles. The van der Waals surface area contributed by atoms with Crippen LogP contribution in [0.4, 0.5) is 4.39 Å². The Morgan fingerprint density at radius 3 is 3.00 bits per heavy atom. The van der Waals surface area contributed by atoms with Crippen molar-refractivity contribution in [2.75, 3.05) is 13.7 Å². The lowest BCUT2D eigenvalue weighted by Crippen LogP contribution is -2.31. The van der Waals surface area contributed by atoms with Crippen molar-refractivity contribution in [3.05, 3.63) is 58.8 Å². The number of nitrogens with zero attached hydrogens (tertiary/aromatic N) is 3. The highest BCUT2D eigenvalue weighted by atomic mass is 19.1. The van der Waals surface area contributed by atoms with Crippen molar-refractivity contribution in [1.82, 2.24) is 19.9 Å². The van der Waals surface area contributed by atoms with Gasteiger partial charge in [-0.25, -0.2) is 13.9 Å². The summed E-state index contributed by atoms with van der Waals surface area (Å²) in [6.45, 7) is 0.141. The number of para-hydroxylation sites is 1. The number of fused-ring (bicyclic) bond motifs is 2. The summed E-state index contributed by atoms with van der Waals surface area (Å²) in [5.41, 5.74) is 6.65. The van der Waals surface area contributed by atoms with Crippen LogP contribution in [0.5, 0.6) is 5.75 Å². The molecule has 3 heterocycles. The Morgan fingerprint density at radius 2 is 2.25 bits per heavy atom. The second-order valence-corrected chi connectivity index (χ2v) is 6.18. The molecule has 4 rings (SSSR count). The fourth-order valence-electron chi connectivity index (χ4n) is 3.21. The summed E-state index contributed by atoms with van der Waals surface area (Å²) in [5, 5.41) is 7.05. The van der Waals surface area contributed by atoms with E-state index in [0.29, 0.717) is 5.56 Å². The molecule has 3 aromatic rings. The third-order valence-corrected chi connectivity index (χ3v) is 4.42. The van der Waals surface area contributed by atoms with Gasteiger partial charge in [-0.05, 0) is 12.1 Å². The number of hydrogen-bond donors (Lipinski definition) is 2. The second kappa shape index (κ2) is 6.89. The van der Waals surface area contributed by atoms with Crippen LogP contribution in [-0.4, -0.2) is 40.1 Å². The molecular weight excluding hydrogens is 369 g/mol. The van der Waals surface area contributed by atoms with Crippen molar-refractivity contribution in [2.24, 2.45) is 5.73 Å². The van der Waals surface area contributed by atoms with Crippen molar-refractivity contribution < 1.29 is 23.5 Å². The lowest BCUT2D eigenvalue weighted by molar-refractivity contribution is 0.0921. The minimum atomic E-state index is -0.722. The molecule has 10 heteroatoms. The van der Waals surface area contributed by atoms with Crippen LogP contribution in [0.25, 0.3) is 5.65 Å². The number of nitrogens with one attached hydrogen (secondary N) is 1. The van der Waals surface area contributed by atoms with E-state index >= 15 is 0 Å². The standard InChI is InChI=1S/C18H16FN5O4/c1-27-7-12-14(16(20)25)17-21-6-5-13(24(17)23-12)18(26)22-11-8-28-15-9(11)3-2-4-10(15)19/h2-6,11H,7-8H2,1H3,(H2,20,25)(H,22,26). The molecule has 1 aliphatic rings. The summed E-state index contributed by atoms with van der Waals surface area (Å²) >= 11 is 0. The Hall–Kier alpha value is -3.53. The van der Waals surface area contributed by atoms with Gasteiger partial charge in [0, 0.05) is 18.9 Å². The average Bonchev–Trinajstić information content (AvgIpc) is 3.24. The van der Waals surface area contributed by atoms with Crippen LogP contribution in [-0.2, 0) is 11.3 Å². The van der Waals surface area contributed by atoms with Gasteiger partial charge < -0.3 is 20.5 Å². The molecule has 3 N–H and O–H groups in total.